The lowest BCUT2D eigenvalue weighted by Gasteiger charge is -2.28. The fourth-order valence-electron chi connectivity index (χ4n) is 2.80. The SMILES string of the molecule is C[C@@H](C(=O)NCC1=CCCCC1)N(c1ccccc1)S(C)(=O)=O. The molecule has 0 unspecified atom stereocenters. The maximum Gasteiger partial charge on any atom is 0.243 e. The van der Waals surface area contributed by atoms with Crippen molar-refractivity contribution < 1.29 is 13.2 Å². The Morgan fingerprint density at radius 1 is 1.26 bits per heavy atom. The molecule has 126 valence electrons. The summed E-state index contributed by atoms with van der Waals surface area (Å²) in [6.45, 7) is 2.11. The van der Waals surface area contributed by atoms with E-state index in [9.17, 15) is 13.2 Å². The molecule has 1 atom stereocenters. The first-order valence-corrected chi connectivity index (χ1v) is 9.74. The van der Waals surface area contributed by atoms with Gasteiger partial charge in [-0.25, -0.2) is 8.42 Å². The highest BCUT2D eigenvalue weighted by molar-refractivity contribution is 7.92. The second-order valence-electron chi connectivity index (χ2n) is 5.90. The monoisotopic (exact) mass is 336 g/mol. The molecule has 1 aromatic carbocycles. The van der Waals surface area contributed by atoms with Crippen LogP contribution in [0.1, 0.15) is 32.6 Å². The lowest BCUT2D eigenvalue weighted by atomic mass is 10.00. The number of allylic oxidation sites excluding steroid dienone is 1. The zero-order valence-corrected chi connectivity index (χ0v) is 14.5. The van der Waals surface area contributed by atoms with E-state index in [0.29, 0.717) is 12.2 Å². The molecule has 1 amide bonds. The van der Waals surface area contributed by atoms with Crippen LogP contribution in [-0.2, 0) is 14.8 Å². The second-order valence-corrected chi connectivity index (χ2v) is 7.76. The minimum Gasteiger partial charge on any atom is -0.351 e. The Balaban J connectivity index is 2.09. The average Bonchev–Trinajstić information content (AvgIpc) is 2.53. The number of hydrogen-bond donors (Lipinski definition) is 1. The van der Waals surface area contributed by atoms with Crippen LogP contribution in [0.3, 0.4) is 0 Å². The van der Waals surface area contributed by atoms with Gasteiger partial charge in [0.1, 0.15) is 6.04 Å². The van der Waals surface area contributed by atoms with Gasteiger partial charge in [0.05, 0.1) is 11.9 Å². The third-order valence-corrected chi connectivity index (χ3v) is 5.22. The molecule has 0 spiro atoms. The van der Waals surface area contributed by atoms with Gasteiger partial charge in [-0.05, 0) is 44.7 Å². The number of para-hydroxylation sites is 1. The number of hydrogen-bond acceptors (Lipinski definition) is 3. The van der Waals surface area contributed by atoms with Crippen molar-refractivity contribution in [3.8, 4) is 0 Å². The third-order valence-electron chi connectivity index (χ3n) is 3.97. The Labute approximate surface area is 138 Å². The van der Waals surface area contributed by atoms with E-state index in [1.54, 1.807) is 31.2 Å². The summed E-state index contributed by atoms with van der Waals surface area (Å²) in [5.74, 6) is -0.286. The first-order valence-electron chi connectivity index (χ1n) is 7.89. The van der Waals surface area contributed by atoms with E-state index in [2.05, 4.69) is 11.4 Å². The van der Waals surface area contributed by atoms with Gasteiger partial charge in [0.2, 0.25) is 15.9 Å². The first-order chi connectivity index (χ1) is 10.9. The predicted octanol–water partition coefficient (Wildman–Crippen LogP) is 2.46. The van der Waals surface area contributed by atoms with Crippen molar-refractivity contribution in [3.05, 3.63) is 42.0 Å². The van der Waals surface area contributed by atoms with Crippen LogP contribution >= 0.6 is 0 Å². The van der Waals surface area contributed by atoms with Crippen LogP contribution in [0.2, 0.25) is 0 Å². The van der Waals surface area contributed by atoms with Crippen molar-refractivity contribution in [1.82, 2.24) is 5.32 Å². The number of carbonyl (C=O) groups is 1. The molecule has 2 rings (SSSR count). The quantitative estimate of drug-likeness (QED) is 0.812. The molecule has 0 aromatic heterocycles. The number of sulfonamides is 1. The average molecular weight is 336 g/mol. The van der Waals surface area contributed by atoms with Gasteiger partial charge in [-0.1, -0.05) is 29.8 Å². The molecule has 6 heteroatoms. The van der Waals surface area contributed by atoms with Crippen LogP contribution in [0.15, 0.2) is 42.0 Å². The Morgan fingerprint density at radius 2 is 1.96 bits per heavy atom. The molecule has 0 aliphatic heterocycles. The number of carbonyl (C=O) groups excluding carboxylic acids is 1. The molecule has 5 nitrogen and oxygen atoms in total. The van der Waals surface area contributed by atoms with E-state index in [-0.39, 0.29) is 5.91 Å². The molecular formula is C17H24N2O3S. The van der Waals surface area contributed by atoms with Gasteiger partial charge < -0.3 is 5.32 Å². The van der Waals surface area contributed by atoms with Gasteiger partial charge in [-0.3, -0.25) is 9.10 Å². The summed E-state index contributed by atoms with van der Waals surface area (Å²) in [6, 6.07) is 7.90. The Morgan fingerprint density at radius 3 is 2.52 bits per heavy atom. The van der Waals surface area contributed by atoms with Crippen LogP contribution in [-0.4, -0.2) is 33.2 Å². The zero-order chi connectivity index (χ0) is 16.9. The smallest absolute Gasteiger partial charge is 0.243 e. The molecule has 1 aliphatic carbocycles. The highest BCUT2D eigenvalue weighted by Crippen LogP contribution is 2.20. The number of benzene rings is 1. The molecular weight excluding hydrogens is 312 g/mol. The van der Waals surface area contributed by atoms with Gasteiger partial charge in [0.15, 0.2) is 0 Å². The Kier molecular flexibility index (Phi) is 5.82. The van der Waals surface area contributed by atoms with Gasteiger partial charge in [-0.15, -0.1) is 0 Å². The van der Waals surface area contributed by atoms with Crippen molar-refractivity contribution in [2.75, 3.05) is 17.1 Å². The van der Waals surface area contributed by atoms with Crippen molar-refractivity contribution in [1.29, 1.82) is 0 Å². The summed E-state index contributed by atoms with van der Waals surface area (Å²) in [7, 11) is -3.55. The lowest BCUT2D eigenvalue weighted by molar-refractivity contribution is -0.121. The fraction of sp³-hybridized carbons (Fsp3) is 0.471. The second kappa shape index (κ2) is 7.64. The van der Waals surface area contributed by atoms with Crippen LogP contribution < -0.4 is 9.62 Å². The van der Waals surface area contributed by atoms with Gasteiger partial charge in [-0.2, -0.15) is 0 Å². The summed E-state index contributed by atoms with van der Waals surface area (Å²) in [5, 5.41) is 2.86. The molecule has 0 fully saturated rings. The Bertz CT molecular complexity index is 668. The maximum atomic E-state index is 12.4. The molecule has 0 bridgehead atoms. The molecule has 0 radical (unpaired) electrons. The number of anilines is 1. The van der Waals surface area contributed by atoms with E-state index < -0.39 is 16.1 Å². The molecule has 1 aromatic rings. The number of rotatable bonds is 6. The van der Waals surface area contributed by atoms with Gasteiger partial charge in [0.25, 0.3) is 0 Å². The van der Waals surface area contributed by atoms with E-state index >= 15 is 0 Å². The van der Waals surface area contributed by atoms with Crippen molar-refractivity contribution in [2.24, 2.45) is 0 Å². The number of amides is 1. The van der Waals surface area contributed by atoms with E-state index in [1.165, 1.54) is 12.0 Å². The lowest BCUT2D eigenvalue weighted by Crippen LogP contribution is -2.48. The summed E-state index contributed by atoms with van der Waals surface area (Å²) in [6.07, 6.45) is 7.69. The van der Waals surface area contributed by atoms with Crippen LogP contribution in [0.4, 0.5) is 5.69 Å². The first kappa shape index (κ1) is 17.5. The standard InChI is InChI=1S/C17H24N2O3S/c1-14(17(20)18-13-15-9-5-3-6-10-15)19(23(2,21)22)16-11-7-4-8-12-16/h4,7-9,11-12,14H,3,5-6,10,13H2,1-2H3,(H,18,20)/t14-/m0/s1. The fourth-order valence-corrected chi connectivity index (χ4v) is 3.97. The molecule has 0 heterocycles. The summed E-state index contributed by atoms with van der Waals surface area (Å²) in [5.41, 5.74) is 1.72. The molecule has 1 N–H and O–H groups in total. The maximum absolute atomic E-state index is 12.4. The van der Waals surface area contributed by atoms with E-state index in [0.717, 1.165) is 29.8 Å². The molecule has 0 saturated carbocycles. The summed E-state index contributed by atoms with van der Waals surface area (Å²) >= 11 is 0. The highest BCUT2D eigenvalue weighted by Gasteiger charge is 2.28. The largest absolute Gasteiger partial charge is 0.351 e. The number of nitrogens with one attached hydrogen (secondary N) is 1. The molecule has 1 aliphatic rings. The highest BCUT2D eigenvalue weighted by atomic mass is 32.2. The minimum atomic E-state index is -3.55. The van der Waals surface area contributed by atoms with Crippen molar-refractivity contribution in [3.63, 3.8) is 0 Å². The molecule has 0 saturated heterocycles. The third kappa shape index (κ3) is 4.82. The van der Waals surface area contributed by atoms with E-state index in [4.69, 9.17) is 0 Å². The van der Waals surface area contributed by atoms with Crippen molar-refractivity contribution in [2.45, 2.75) is 38.6 Å². The summed E-state index contributed by atoms with van der Waals surface area (Å²) in [4.78, 5) is 12.4. The Hall–Kier alpha value is -1.82. The van der Waals surface area contributed by atoms with Crippen LogP contribution in [0.25, 0.3) is 0 Å². The number of nitrogens with zero attached hydrogens (tertiary/aromatic N) is 1. The van der Waals surface area contributed by atoms with E-state index in [1.807, 2.05) is 6.07 Å². The van der Waals surface area contributed by atoms with Gasteiger partial charge >= 0.3 is 0 Å². The zero-order valence-electron chi connectivity index (χ0n) is 13.7. The predicted molar refractivity (Wildman–Crippen MR) is 92.8 cm³/mol. The topological polar surface area (TPSA) is 66.5 Å². The minimum absolute atomic E-state index is 0.286. The summed E-state index contributed by atoms with van der Waals surface area (Å²) < 4.78 is 25.4. The van der Waals surface area contributed by atoms with Crippen LogP contribution in [0, 0.1) is 0 Å². The van der Waals surface area contributed by atoms with Gasteiger partial charge in [0, 0.05) is 6.54 Å². The normalized spacial score (nSPS) is 16.3. The van der Waals surface area contributed by atoms with Crippen LogP contribution in [0.5, 0.6) is 0 Å². The molecule has 23 heavy (non-hydrogen) atoms. The van der Waals surface area contributed by atoms with Crippen molar-refractivity contribution >= 4 is 21.6 Å².